The van der Waals surface area contributed by atoms with Gasteiger partial charge in [-0.3, -0.25) is 4.79 Å². The van der Waals surface area contributed by atoms with Gasteiger partial charge in [-0.1, -0.05) is 12.1 Å². The van der Waals surface area contributed by atoms with E-state index in [1.807, 2.05) is 0 Å². The molecule has 9 heteroatoms. The predicted molar refractivity (Wildman–Crippen MR) is 83.4 cm³/mol. The van der Waals surface area contributed by atoms with Crippen LogP contribution < -0.4 is 5.32 Å². The van der Waals surface area contributed by atoms with Crippen molar-refractivity contribution in [3.8, 4) is 0 Å². The van der Waals surface area contributed by atoms with Crippen molar-refractivity contribution in [3.63, 3.8) is 0 Å². The maximum Gasteiger partial charge on any atom is 0.416 e. The van der Waals surface area contributed by atoms with E-state index in [4.69, 9.17) is 4.74 Å². The number of amides is 2. The van der Waals surface area contributed by atoms with Gasteiger partial charge in [0, 0.05) is 12.3 Å². The van der Waals surface area contributed by atoms with Crippen LogP contribution in [-0.4, -0.2) is 42.3 Å². The summed E-state index contributed by atoms with van der Waals surface area (Å²) in [5.41, 5.74) is -0.121. The van der Waals surface area contributed by atoms with Gasteiger partial charge in [0.15, 0.2) is 0 Å². The van der Waals surface area contributed by atoms with E-state index in [0.29, 0.717) is 17.9 Å². The van der Waals surface area contributed by atoms with Gasteiger partial charge in [-0.05, 0) is 24.6 Å². The van der Waals surface area contributed by atoms with E-state index >= 15 is 0 Å². The highest BCUT2D eigenvalue weighted by Crippen LogP contribution is 2.39. The van der Waals surface area contributed by atoms with E-state index in [1.165, 1.54) is 28.8 Å². The first-order valence-corrected chi connectivity index (χ1v) is 8.36. The summed E-state index contributed by atoms with van der Waals surface area (Å²) in [6.45, 7) is 2.10. The van der Waals surface area contributed by atoms with Crippen molar-refractivity contribution in [3.05, 3.63) is 35.4 Å². The van der Waals surface area contributed by atoms with Crippen LogP contribution in [0.1, 0.15) is 23.4 Å². The van der Waals surface area contributed by atoms with Crippen LogP contribution in [0.3, 0.4) is 0 Å². The zero-order chi connectivity index (χ0) is 17.7. The highest BCUT2D eigenvalue weighted by molar-refractivity contribution is 7.99. The number of nitrogens with one attached hydrogen (secondary N) is 1. The summed E-state index contributed by atoms with van der Waals surface area (Å²) in [6, 6.07) is 4.30. The van der Waals surface area contributed by atoms with Crippen molar-refractivity contribution in [1.82, 2.24) is 10.2 Å². The molecule has 0 bridgehead atoms. The van der Waals surface area contributed by atoms with Gasteiger partial charge in [0.1, 0.15) is 11.9 Å². The van der Waals surface area contributed by atoms with E-state index in [9.17, 15) is 22.8 Å². The van der Waals surface area contributed by atoms with Crippen LogP contribution in [0.2, 0.25) is 0 Å². The zero-order valence-corrected chi connectivity index (χ0v) is 13.7. The molecule has 2 amide bonds. The molecule has 0 spiro atoms. The number of halogens is 3. The van der Waals surface area contributed by atoms with E-state index < -0.39 is 23.7 Å². The summed E-state index contributed by atoms with van der Waals surface area (Å²) >= 11 is 1.46. The largest absolute Gasteiger partial charge is 0.465 e. The fraction of sp³-hybridized carbons (Fsp3) is 0.467. The third-order valence-electron chi connectivity index (χ3n) is 3.36. The SMILES string of the molecule is CCOC(=O)CNC(=O)N1CCSC1c1ccc(C(F)(F)F)cc1. The van der Waals surface area contributed by atoms with Gasteiger partial charge in [0.25, 0.3) is 0 Å². The van der Waals surface area contributed by atoms with E-state index in [-0.39, 0.29) is 18.5 Å². The minimum atomic E-state index is -4.39. The molecule has 1 aromatic rings. The smallest absolute Gasteiger partial charge is 0.416 e. The zero-order valence-electron chi connectivity index (χ0n) is 12.9. The Hall–Kier alpha value is -1.90. The molecule has 1 atom stereocenters. The molecular weight excluding hydrogens is 345 g/mol. The summed E-state index contributed by atoms with van der Waals surface area (Å²) in [5.74, 6) is 0.127. The molecule has 132 valence electrons. The number of hydrogen-bond donors (Lipinski definition) is 1. The van der Waals surface area contributed by atoms with Gasteiger partial charge in [-0.25, -0.2) is 4.79 Å². The number of rotatable bonds is 4. The number of alkyl halides is 3. The molecule has 5 nitrogen and oxygen atoms in total. The molecule has 1 aliphatic rings. The van der Waals surface area contributed by atoms with Crippen molar-refractivity contribution in [2.45, 2.75) is 18.5 Å². The fourth-order valence-corrected chi connectivity index (χ4v) is 3.51. The van der Waals surface area contributed by atoms with Gasteiger partial charge in [-0.15, -0.1) is 11.8 Å². The molecule has 1 aromatic carbocycles. The van der Waals surface area contributed by atoms with Crippen molar-refractivity contribution >= 4 is 23.8 Å². The lowest BCUT2D eigenvalue weighted by Crippen LogP contribution is -2.41. The second-order valence-corrected chi connectivity index (χ2v) is 6.19. The van der Waals surface area contributed by atoms with Gasteiger partial charge in [-0.2, -0.15) is 13.2 Å². The lowest BCUT2D eigenvalue weighted by Gasteiger charge is -2.24. The summed E-state index contributed by atoms with van der Waals surface area (Å²) in [7, 11) is 0. The number of urea groups is 1. The Morgan fingerprint density at radius 1 is 1.33 bits per heavy atom. The Balaban J connectivity index is 2.02. The topological polar surface area (TPSA) is 58.6 Å². The van der Waals surface area contributed by atoms with Crippen molar-refractivity contribution in [1.29, 1.82) is 0 Å². The first-order valence-electron chi connectivity index (χ1n) is 7.31. The molecule has 2 rings (SSSR count). The minimum Gasteiger partial charge on any atom is -0.465 e. The Kier molecular flexibility index (Phi) is 5.98. The number of ether oxygens (including phenoxy) is 1. The number of carbonyl (C=O) groups excluding carboxylic acids is 2. The van der Waals surface area contributed by atoms with E-state index in [2.05, 4.69) is 5.32 Å². The van der Waals surface area contributed by atoms with E-state index in [1.54, 1.807) is 6.92 Å². The second kappa shape index (κ2) is 7.78. The molecule has 1 heterocycles. The van der Waals surface area contributed by atoms with Crippen LogP contribution in [0.25, 0.3) is 0 Å². The number of carbonyl (C=O) groups is 2. The van der Waals surface area contributed by atoms with Crippen LogP contribution in [-0.2, 0) is 15.7 Å². The van der Waals surface area contributed by atoms with Crippen LogP contribution in [0.15, 0.2) is 24.3 Å². The Bertz CT molecular complexity index is 593. The first-order chi connectivity index (χ1) is 11.3. The summed E-state index contributed by atoms with van der Waals surface area (Å²) in [6.07, 6.45) is -4.39. The molecule has 1 aliphatic heterocycles. The highest BCUT2D eigenvalue weighted by atomic mass is 32.2. The van der Waals surface area contributed by atoms with Gasteiger partial charge < -0.3 is 15.0 Å². The average molecular weight is 362 g/mol. The standard InChI is InChI=1S/C15H17F3N2O3S/c1-2-23-12(21)9-19-14(22)20-7-8-24-13(20)10-3-5-11(6-4-10)15(16,17)18/h3-6,13H,2,7-9H2,1H3,(H,19,22). The average Bonchev–Trinajstić information content (AvgIpc) is 3.02. The molecule has 24 heavy (non-hydrogen) atoms. The van der Waals surface area contributed by atoms with Gasteiger partial charge >= 0.3 is 18.2 Å². The van der Waals surface area contributed by atoms with Crippen molar-refractivity contribution < 1.29 is 27.5 Å². The van der Waals surface area contributed by atoms with Crippen LogP contribution in [0.4, 0.5) is 18.0 Å². The highest BCUT2D eigenvalue weighted by Gasteiger charge is 2.33. The third-order valence-corrected chi connectivity index (χ3v) is 4.62. The molecule has 0 aromatic heterocycles. The third kappa shape index (κ3) is 4.56. The molecule has 0 aliphatic carbocycles. The van der Waals surface area contributed by atoms with Crippen molar-refractivity contribution in [2.24, 2.45) is 0 Å². The summed E-state index contributed by atoms with van der Waals surface area (Å²) in [4.78, 5) is 24.9. The molecule has 1 unspecified atom stereocenters. The molecule has 0 radical (unpaired) electrons. The monoisotopic (exact) mass is 362 g/mol. The van der Waals surface area contributed by atoms with Gasteiger partial charge in [0.2, 0.25) is 0 Å². The molecule has 0 saturated carbocycles. The summed E-state index contributed by atoms with van der Waals surface area (Å²) in [5, 5.41) is 2.08. The normalized spacial score (nSPS) is 17.7. The molecule has 1 fully saturated rings. The van der Waals surface area contributed by atoms with Crippen molar-refractivity contribution in [2.75, 3.05) is 25.4 Å². The fourth-order valence-electron chi connectivity index (χ4n) is 2.25. The number of nitrogens with zero attached hydrogens (tertiary/aromatic N) is 1. The summed E-state index contributed by atoms with van der Waals surface area (Å²) < 4.78 is 42.6. The maximum atomic E-state index is 12.6. The van der Waals surface area contributed by atoms with Crippen LogP contribution in [0, 0.1) is 0 Å². The lowest BCUT2D eigenvalue weighted by molar-refractivity contribution is -0.142. The Labute approximate surface area is 141 Å². The van der Waals surface area contributed by atoms with Gasteiger partial charge in [0.05, 0.1) is 12.2 Å². The number of esters is 1. The Morgan fingerprint density at radius 2 is 2.00 bits per heavy atom. The minimum absolute atomic E-state index is 0.225. The van der Waals surface area contributed by atoms with Crippen LogP contribution >= 0.6 is 11.8 Å². The molecule has 1 N–H and O–H groups in total. The predicted octanol–water partition coefficient (Wildman–Crippen LogP) is 3.03. The second-order valence-electron chi connectivity index (χ2n) is 5.00. The van der Waals surface area contributed by atoms with E-state index in [0.717, 1.165) is 12.1 Å². The van der Waals surface area contributed by atoms with Crippen LogP contribution in [0.5, 0.6) is 0 Å². The Morgan fingerprint density at radius 3 is 2.58 bits per heavy atom. The first kappa shape index (κ1) is 18.4. The number of benzene rings is 1. The number of thioether (sulfide) groups is 1. The molecule has 1 saturated heterocycles. The lowest BCUT2D eigenvalue weighted by atomic mass is 10.1. The maximum absolute atomic E-state index is 12.6. The molecular formula is C15H17F3N2O3S. The quantitative estimate of drug-likeness (QED) is 0.837. The number of hydrogen-bond acceptors (Lipinski definition) is 4.